The maximum Gasteiger partial charge on any atom is 0.335 e. The monoisotopic (exact) mass is 478 g/mol. The normalized spacial score (nSPS) is 33.0. The highest BCUT2D eigenvalue weighted by Gasteiger charge is 2.58. The van der Waals surface area contributed by atoms with E-state index in [2.05, 4.69) is 78.0 Å². The molecule has 0 aromatic heterocycles. The fraction of sp³-hybridized carbons (Fsp3) is 0.613. The lowest BCUT2D eigenvalue weighted by molar-refractivity contribution is -0.154. The van der Waals surface area contributed by atoms with Gasteiger partial charge in [0.1, 0.15) is 11.2 Å². The SMILES string of the molecule is CCC1=CC(CC)(OC(=O)C2=C(C(=O)OC3(CC)C=C(CC)C=CC3)C3CCC2C3(C)C)CC=C1. The second-order valence-corrected chi connectivity index (χ2v) is 11.3. The fourth-order valence-electron chi connectivity index (χ4n) is 6.64. The molecule has 0 aromatic carbocycles. The van der Waals surface area contributed by atoms with Gasteiger partial charge in [0.15, 0.2) is 0 Å². The van der Waals surface area contributed by atoms with E-state index in [0.717, 1.165) is 25.7 Å². The first-order valence-corrected chi connectivity index (χ1v) is 13.6. The summed E-state index contributed by atoms with van der Waals surface area (Å²) in [5.74, 6) is -0.619. The molecule has 2 bridgehead atoms. The molecule has 4 atom stereocenters. The summed E-state index contributed by atoms with van der Waals surface area (Å²) in [4.78, 5) is 27.7. The van der Waals surface area contributed by atoms with Crippen molar-refractivity contribution in [1.82, 2.24) is 0 Å². The zero-order valence-corrected chi connectivity index (χ0v) is 22.4. The molecule has 0 aliphatic heterocycles. The Morgan fingerprint density at radius 3 is 1.51 bits per heavy atom. The zero-order chi connectivity index (χ0) is 25.4. The van der Waals surface area contributed by atoms with Crippen LogP contribution in [-0.4, -0.2) is 23.1 Å². The maximum atomic E-state index is 13.8. The molecule has 4 aliphatic carbocycles. The highest BCUT2D eigenvalue weighted by molar-refractivity contribution is 6.03. The minimum Gasteiger partial charge on any atom is -0.451 e. The Labute approximate surface area is 211 Å². The van der Waals surface area contributed by atoms with Crippen LogP contribution in [0.3, 0.4) is 0 Å². The number of ether oxygens (including phenoxy) is 2. The van der Waals surface area contributed by atoms with Crippen molar-refractivity contribution >= 4 is 11.9 Å². The Kier molecular flexibility index (Phi) is 7.05. The third-order valence-corrected chi connectivity index (χ3v) is 9.06. The first kappa shape index (κ1) is 25.7. The summed E-state index contributed by atoms with van der Waals surface area (Å²) in [5, 5.41) is 0. The second-order valence-electron chi connectivity index (χ2n) is 11.3. The van der Waals surface area contributed by atoms with Gasteiger partial charge in [0, 0.05) is 12.8 Å². The molecule has 190 valence electrons. The van der Waals surface area contributed by atoms with Gasteiger partial charge in [-0.3, -0.25) is 0 Å². The summed E-state index contributed by atoms with van der Waals surface area (Å²) >= 11 is 0. The average molecular weight is 479 g/mol. The van der Waals surface area contributed by atoms with Crippen LogP contribution in [0.4, 0.5) is 0 Å². The van der Waals surface area contributed by atoms with E-state index in [-0.39, 0.29) is 29.2 Å². The Morgan fingerprint density at radius 1 is 0.771 bits per heavy atom. The van der Waals surface area contributed by atoms with Crippen LogP contribution in [0.25, 0.3) is 0 Å². The quantitative estimate of drug-likeness (QED) is 0.343. The minimum absolute atomic E-state index is 0.0239. The van der Waals surface area contributed by atoms with Gasteiger partial charge in [0.05, 0.1) is 11.1 Å². The summed E-state index contributed by atoms with van der Waals surface area (Å²) in [6.45, 7) is 12.7. The molecule has 0 aromatic rings. The zero-order valence-electron chi connectivity index (χ0n) is 22.4. The van der Waals surface area contributed by atoms with Crippen molar-refractivity contribution in [1.29, 1.82) is 0 Å². The van der Waals surface area contributed by atoms with Crippen molar-refractivity contribution < 1.29 is 19.1 Å². The highest BCUT2D eigenvalue weighted by Crippen LogP contribution is 2.61. The van der Waals surface area contributed by atoms with E-state index in [0.29, 0.717) is 36.8 Å². The van der Waals surface area contributed by atoms with E-state index in [4.69, 9.17) is 9.47 Å². The summed E-state index contributed by atoms with van der Waals surface area (Å²) in [5.41, 5.74) is 2.05. The van der Waals surface area contributed by atoms with E-state index in [1.54, 1.807) is 0 Å². The van der Waals surface area contributed by atoms with Crippen LogP contribution < -0.4 is 0 Å². The van der Waals surface area contributed by atoms with Crippen molar-refractivity contribution in [3.63, 3.8) is 0 Å². The molecular weight excluding hydrogens is 436 g/mol. The van der Waals surface area contributed by atoms with Crippen LogP contribution >= 0.6 is 0 Å². The smallest absolute Gasteiger partial charge is 0.335 e. The molecule has 1 saturated carbocycles. The van der Waals surface area contributed by atoms with Crippen LogP contribution in [0.2, 0.25) is 0 Å². The number of allylic oxidation sites excluding steroid dienone is 4. The summed E-state index contributed by atoms with van der Waals surface area (Å²) in [6.07, 6.45) is 19.0. The van der Waals surface area contributed by atoms with Crippen molar-refractivity contribution in [3.05, 3.63) is 58.7 Å². The topological polar surface area (TPSA) is 52.6 Å². The van der Waals surface area contributed by atoms with Crippen LogP contribution in [0.15, 0.2) is 58.7 Å². The standard InChI is InChI=1S/C31H42O4/c1-7-21-13-11-17-30(9-3,19-21)34-27(32)25-23-15-16-24(29(23,5)6)26(25)28(33)35-31(10-4)18-12-14-22(8-2)20-31/h11-14,19-20,23-24H,7-10,15-18H2,1-6H3. The third-order valence-electron chi connectivity index (χ3n) is 9.06. The number of hydrogen-bond acceptors (Lipinski definition) is 4. The summed E-state index contributed by atoms with van der Waals surface area (Å²) in [7, 11) is 0. The van der Waals surface area contributed by atoms with Crippen LogP contribution in [-0.2, 0) is 19.1 Å². The molecule has 0 saturated heterocycles. The van der Waals surface area contributed by atoms with Crippen LogP contribution in [0, 0.1) is 17.3 Å². The predicted octanol–water partition coefficient (Wildman–Crippen LogP) is 7.33. The molecule has 4 heteroatoms. The molecule has 0 amide bonds. The number of rotatable bonds is 8. The lowest BCUT2D eigenvalue weighted by Gasteiger charge is -2.34. The first-order valence-electron chi connectivity index (χ1n) is 13.6. The molecule has 1 fully saturated rings. The summed E-state index contributed by atoms with van der Waals surface area (Å²) < 4.78 is 12.6. The van der Waals surface area contributed by atoms with E-state index < -0.39 is 11.2 Å². The molecule has 4 aliphatic rings. The molecule has 4 rings (SSSR count). The van der Waals surface area contributed by atoms with E-state index in [1.807, 2.05) is 0 Å². The predicted molar refractivity (Wildman–Crippen MR) is 140 cm³/mol. The van der Waals surface area contributed by atoms with E-state index in [9.17, 15) is 9.59 Å². The molecule has 4 unspecified atom stereocenters. The highest BCUT2D eigenvalue weighted by atomic mass is 16.6. The lowest BCUT2D eigenvalue weighted by atomic mass is 9.78. The molecule has 0 spiro atoms. The van der Waals surface area contributed by atoms with Crippen LogP contribution in [0.5, 0.6) is 0 Å². The Morgan fingerprint density at radius 2 is 1.17 bits per heavy atom. The number of carbonyl (C=O) groups excluding carboxylic acids is 2. The van der Waals surface area contributed by atoms with Crippen molar-refractivity contribution in [3.8, 4) is 0 Å². The van der Waals surface area contributed by atoms with Gasteiger partial charge in [-0.1, -0.05) is 65.8 Å². The fourth-order valence-corrected chi connectivity index (χ4v) is 6.64. The maximum absolute atomic E-state index is 13.8. The number of esters is 2. The van der Waals surface area contributed by atoms with Gasteiger partial charge in [-0.25, -0.2) is 9.59 Å². The second kappa shape index (κ2) is 9.59. The minimum atomic E-state index is -0.650. The van der Waals surface area contributed by atoms with Gasteiger partial charge >= 0.3 is 11.9 Å². The molecular formula is C31H42O4. The largest absolute Gasteiger partial charge is 0.451 e. The van der Waals surface area contributed by atoms with Crippen molar-refractivity contribution in [2.24, 2.45) is 17.3 Å². The van der Waals surface area contributed by atoms with Gasteiger partial charge in [0.2, 0.25) is 0 Å². The van der Waals surface area contributed by atoms with Crippen LogP contribution in [0.1, 0.15) is 92.9 Å². The molecule has 35 heavy (non-hydrogen) atoms. The number of fused-ring (bicyclic) bond motifs is 2. The Hall–Kier alpha value is -2.36. The average Bonchev–Trinajstić information content (AvgIpc) is 3.28. The van der Waals surface area contributed by atoms with Crippen molar-refractivity contribution in [2.45, 2.75) is 104 Å². The van der Waals surface area contributed by atoms with Gasteiger partial charge in [-0.05, 0) is 79.1 Å². The molecule has 0 radical (unpaired) electrons. The molecule has 0 heterocycles. The third kappa shape index (κ3) is 4.49. The number of hydrogen-bond donors (Lipinski definition) is 0. The molecule has 0 N–H and O–H groups in total. The summed E-state index contributed by atoms with van der Waals surface area (Å²) in [6, 6.07) is 0. The van der Waals surface area contributed by atoms with Gasteiger partial charge in [0.25, 0.3) is 0 Å². The van der Waals surface area contributed by atoms with Gasteiger partial charge in [-0.15, -0.1) is 0 Å². The lowest BCUT2D eigenvalue weighted by Crippen LogP contribution is -2.37. The van der Waals surface area contributed by atoms with E-state index in [1.165, 1.54) is 11.1 Å². The first-order chi connectivity index (χ1) is 16.6. The van der Waals surface area contributed by atoms with Crippen molar-refractivity contribution in [2.75, 3.05) is 0 Å². The molecule has 4 nitrogen and oxygen atoms in total. The Bertz CT molecular complexity index is 956. The van der Waals surface area contributed by atoms with E-state index >= 15 is 0 Å². The Balaban J connectivity index is 1.68. The van der Waals surface area contributed by atoms with Gasteiger partial charge in [-0.2, -0.15) is 0 Å². The van der Waals surface area contributed by atoms with Gasteiger partial charge < -0.3 is 9.47 Å². The number of carbonyl (C=O) groups is 2.